The summed E-state index contributed by atoms with van der Waals surface area (Å²) in [4.78, 5) is 2.52. The van der Waals surface area contributed by atoms with Gasteiger partial charge in [-0.2, -0.15) is 0 Å². The van der Waals surface area contributed by atoms with Crippen molar-refractivity contribution >= 4 is 0 Å². The van der Waals surface area contributed by atoms with Gasteiger partial charge in [0.1, 0.15) is 0 Å². The maximum Gasteiger partial charge on any atom is 0.0358 e. The third kappa shape index (κ3) is 3.08. The van der Waals surface area contributed by atoms with Crippen molar-refractivity contribution in [2.45, 2.75) is 69.9 Å². The lowest BCUT2D eigenvalue weighted by molar-refractivity contribution is 0.0358. The fourth-order valence-electron chi connectivity index (χ4n) is 4.09. The van der Waals surface area contributed by atoms with E-state index in [1.165, 1.54) is 51.4 Å². The molecule has 2 nitrogen and oxygen atoms in total. The molecule has 2 fully saturated rings. The van der Waals surface area contributed by atoms with Gasteiger partial charge >= 0.3 is 0 Å². The minimum atomic E-state index is 0.404. The fourth-order valence-corrected chi connectivity index (χ4v) is 4.09. The van der Waals surface area contributed by atoms with Crippen molar-refractivity contribution in [3.05, 3.63) is 0 Å². The van der Waals surface area contributed by atoms with Crippen LogP contribution in [0.1, 0.15) is 58.3 Å². The summed E-state index contributed by atoms with van der Waals surface area (Å²) in [6, 6.07) is 0.677. The van der Waals surface area contributed by atoms with Crippen LogP contribution in [-0.4, -0.2) is 37.6 Å². The molecule has 0 heterocycles. The van der Waals surface area contributed by atoms with Crippen LogP contribution in [0.25, 0.3) is 0 Å². The lowest BCUT2D eigenvalue weighted by atomic mass is 9.70. The first-order chi connectivity index (χ1) is 8.58. The number of hydrogen-bond acceptors (Lipinski definition) is 2. The second-order valence-electron chi connectivity index (χ2n) is 7.06. The molecule has 2 rings (SSSR count). The SMILES string of the molecule is CNC(CCC1CC1)C1(N(C)C)CCCC(C)C1. The van der Waals surface area contributed by atoms with Crippen LogP contribution >= 0.6 is 0 Å². The first-order valence-corrected chi connectivity index (χ1v) is 7.93. The number of nitrogens with one attached hydrogen (secondary N) is 1. The van der Waals surface area contributed by atoms with Gasteiger partial charge in [-0.3, -0.25) is 0 Å². The van der Waals surface area contributed by atoms with Crippen LogP contribution in [-0.2, 0) is 0 Å². The quantitative estimate of drug-likeness (QED) is 0.780. The maximum atomic E-state index is 3.66. The Kier molecular flexibility index (Phi) is 4.71. The average molecular weight is 252 g/mol. The number of nitrogens with zero attached hydrogens (tertiary/aromatic N) is 1. The summed E-state index contributed by atoms with van der Waals surface area (Å²) in [7, 11) is 6.75. The van der Waals surface area contributed by atoms with Crippen molar-refractivity contribution in [2.75, 3.05) is 21.1 Å². The highest BCUT2D eigenvalue weighted by Gasteiger charge is 2.43. The molecule has 2 aliphatic carbocycles. The smallest absolute Gasteiger partial charge is 0.0358 e. The zero-order valence-corrected chi connectivity index (χ0v) is 12.8. The van der Waals surface area contributed by atoms with Crippen LogP contribution < -0.4 is 5.32 Å². The molecule has 0 aromatic carbocycles. The minimum absolute atomic E-state index is 0.404. The van der Waals surface area contributed by atoms with E-state index in [9.17, 15) is 0 Å². The molecule has 2 heteroatoms. The Morgan fingerprint density at radius 3 is 2.50 bits per heavy atom. The molecule has 0 radical (unpaired) electrons. The van der Waals surface area contributed by atoms with Crippen molar-refractivity contribution in [1.82, 2.24) is 10.2 Å². The average Bonchev–Trinajstić information content (AvgIpc) is 3.13. The van der Waals surface area contributed by atoms with Gasteiger partial charge in [0, 0.05) is 11.6 Å². The van der Waals surface area contributed by atoms with Crippen LogP contribution in [0, 0.1) is 11.8 Å². The first kappa shape index (κ1) is 14.3. The van der Waals surface area contributed by atoms with Crippen molar-refractivity contribution in [1.29, 1.82) is 0 Å². The van der Waals surface area contributed by atoms with Gasteiger partial charge in [0.2, 0.25) is 0 Å². The van der Waals surface area contributed by atoms with Crippen molar-refractivity contribution in [2.24, 2.45) is 11.8 Å². The lowest BCUT2D eigenvalue weighted by Gasteiger charge is -2.50. The predicted molar refractivity (Wildman–Crippen MR) is 78.9 cm³/mol. The van der Waals surface area contributed by atoms with E-state index in [4.69, 9.17) is 0 Å². The Morgan fingerprint density at radius 2 is 2.00 bits per heavy atom. The van der Waals surface area contributed by atoms with Crippen LogP contribution in [0.3, 0.4) is 0 Å². The molecule has 0 aromatic rings. The molecule has 0 spiro atoms. The zero-order chi connectivity index (χ0) is 13.2. The van der Waals surface area contributed by atoms with Crippen molar-refractivity contribution < 1.29 is 0 Å². The summed E-state index contributed by atoms with van der Waals surface area (Å²) in [6.07, 6.45) is 11.4. The number of rotatable bonds is 6. The molecule has 3 atom stereocenters. The molecule has 2 saturated carbocycles. The molecule has 0 saturated heterocycles. The second kappa shape index (κ2) is 5.92. The molecule has 1 N–H and O–H groups in total. The standard InChI is InChI=1S/C16H32N2/c1-13-6-5-11-16(12-13,18(3)4)15(17-2)10-9-14-7-8-14/h13-15,17H,5-12H2,1-4H3. The van der Waals surface area contributed by atoms with Crippen LogP contribution in [0.15, 0.2) is 0 Å². The Hall–Kier alpha value is -0.0800. The first-order valence-electron chi connectivity index (χ1n) is 7.93. The highest BCUT2D eigenvalue weighted by Crippen LogP contribution is 2.41. The van der Waals surface area contributed by atoms with E-state index in [1.807, 2.05) is 0 Å². The Morgan fingerprint density at radius 1 is 1.28 bits per heavy atom. The third-order valence-corrected chi connectivity index (χ3v) is 5.46. The number of likely N-dealkylation sites (N-methyl/N-ethyl adjacent to an activating group) is 2. The largest absolute Gasteiger partial charge is 0.315 e. The van der Waals surface area contributed by atoms with E-state index in [0.717, 1.165) is 11.8 Å². The van der Waals surface area contributed by atoms with E-state index in [0.29, 0.717) is 11.6 Å². The number of hydrogen-bond donors (Lipinski definition) is 1. The van der Waals surface area contributed by atoms with Gasteiger partial charge in [-0.1, -0.05) is 32.6 Å². The summed E-state index contributed by atoms with van der Waals surface area (Å²) in [5.74, 6) is 1.94. The van der Waals surface area contributed by atoms with Crippen molar-refractivity contribution in [3.8, 4) is 0 Å². The topological polar surface area (TPSA) is 15.3 Å². The summed E-state index contributed by atoms with van der Waals surface area (Å²) in [5.41, 5.74) is 0.404. The molecule has 0 aliphatic heterocycles. The molecule has 0 bridgehead atoms. The molecule has 3 unspecified atom stereocenters. The summed E-state index contributed by atoms with van der Waals surface area (Å²) < 4.78 is 0. The molecule has 106 valence electrons. The Labute approximate surface area is 114 Å². The van der Waals surface area contributed by atoms with Crippen molar-refractivity contribution in [3.63, 3.8) is 0 Å². The summed E-state index contributed by atoms with van der Waals surface area (Å²) in [5, 5.41) is 3.66. The van der Waals surface area contributed by atoms with E-state index in [2.05, 4.69) is 38.3 Å². The third-order valence-electron chi connectivity index (χ3n) is 5.46. The monoisotopic (exact) mass is 252 g/mol. The highest BCUT2D eigenvalue weighted by atomic mass is 15.2. The van der Waals surface area contributed by atoms with E-state index in [-0.39, 0.29) is 0 Å². The van der Waals surface area contributed by atoms with E-state index < -0.39 is 0 Å². The van der Waals surface area contributed by atoms with Gasteiger partial charge in [0.25, 0.3) is 0 Å². The lowest BCUT2D eigenvalue weighted by Crippen LogP contribution is -2.60. The molecule has 2 aliphatic rings. The summed E-state index contributed by atoms with van der Waals surface area (Å²) in [6.45, 7) is 2.44. The van der Waals surface area contributed by atoms with Crippen LogP contribution in [0.2, 0.25) is 0 Å². The molecular weight excluding hydrogens is 220 g/mol. The normalized spacial score (nSPS) is 34.8. The van der Waals surface area contributed by atoms with Gasteiger partial charge in [-0.15, -0.1) is 0 Å². The van der Waals surface area contributed by atoms with E-state index in [1.54, 1.807) is 0 Å². The minimum Gasteiger partial charge on any atom is -0.315 e. The Balaban J connectivity index is 2.04. The Bertz CT molecular complexity index is 260. The maximum absolute atomic E-state index is 3.66. The van der Waals surface area contributed by atoms with E-state index >= 15 is 0 Å². The van der Waals surface area contributed by atoms with Gasteiger partial charge < -0.3 is 10.2 Å². The predicted octanol–water partition coefficient (Wildman–Crippen LogP) is 3.28. The van der Waals surface area contributed by atoms with Gasteiger partial charge in [-0.05, 0) is 58.7 Å². The van der Waals surface area contributed by atoms with Gasteiger partial charge in [-0.25, -0.2) is 0 Å². The summed E-state index contributed by atoms with van der Waals surface area (Å²) >= 11 is 0. The van der Waals surface area contributed by atoms with Crippen LogP contribution in [0.4, 0.5) is 0 Å². The fraction of sp³-hybridized carbons (Fsp3) is 1.00. The molecule has 0 amide bonds. The highest BCUT2D eigenvalue weighted by molar-refractivity contribution is 5.01. The molecule has 18 heavy (non-hydrogen) atoms. The van der Waals surface area contributed by atoms with Gasteiger partial charge in [0.05, 0.1) is 0 Å². The molecular formula is C16H32N2. The zero-order valence-electron chi connectivity index (χ0n) is 12.8. The second-order valence-corrected chi connectivity index (χ2v) is 7.06. The molecule has 0 aromatic heterocycles. The van der Waals surface area contributed by atoms with Gasteiger partial charge in [0.15, 0.2) is 0 Å². The van der Waals surface area contributed by atoms with Crippen LogP contribution in [0.5, 0.6) is 0 Å².